The quantitative estimate of drug-likeness (QED) is 0.817. The molecule has 1 saturated heterocycles. The van der Waals surface area contributed by atoms with Crippen LogP contribution in [0.4, 0.5) is 4.39 Å². The Hall–Kier alpha value is -1.66. The van der Waals surface area contributed by atoms with E-state index in [0.717, 1.165) is 0 Å². The highest BCUT2D eigenvalue weighted by Crippen LogP contribution is 2.36. The third-order valence-electron chi connectivity index (χ3n) is 4.43. The minimum Gasteiger partial charge on any atom is -0.399 e. The molecule has 0 bridgehead atoms. The topological polar surface area (TPSA) is 51.3 Å². The van der Waals surface area contributed by atoms with Crippen LogP contribution < -0.4 is 11.0 Å². The molecule has 110 valence electrons. The Balaban J connectivity index is 2.11. The van der Waals surface area contributed by atoms with Gasteiger partial charge >= 0.3 is 7.12 Å². The van der Waals surface area contributed by atoms with E-state index in [1.807, 2.05) is 27.7 Å². The molecule has 2 heterocycles. The lowest BCUT2D eigenvalue weighted by molar-refractivity contribution is 0.00578. The lowest BCUT2D eigenvalue weighted by Gasteiger charge is -2.32. The van der Waals surface area contributed by atoms with Crippen LogP contribution in [0.1, 0.15) is 27.7 Å². The highest BCUT2D eigenvalue weighted by atomic mass is 19.1. The molecule has 0 aliphatic carbocycles. The van der Waals surface area contributed by atoms with E-state index < -0.39 is 24.1 Å². The largest absolute Gasteiger partial charge is 0.497 e. The van der Waals surface area contributed by atoms with Crippen molar-refractivity contribution in [3.8, 4) is 0 Å². The Labute approximate surface area is 122 Å². The molecule has 1 fully saturated rings. The van der Waals surface area contributed by atoms with Gasteiger partial charge < -0.3 is 14.3 Å². The zero-order valence-corrected chi connectivity index (χ0v) is 12.5. The third-order valence-corrected chi connectivity index (χ3v) is 4.43. The number of hydrogen-bond donors (Lipinski definition) is 1. The highest BCUT2D eigenvalue weighted by molar-refractivity contribution is 6.62. The summed E-state index contributed by atoms with van der Waals surface area (Å²) in [7, 11) is -0.779. The summed E-state index contributed by atoms with van der Waals surface area (Å²) in [5.41, 5.74) is -1.07. The lowest BCUT2D eigenvalue weighted by Crippen LogP contribution is -2.41. The fourth-order valence-corrected chi connectivity index (χ4v) is 2.40. The van der Waals surface area contributed by atoms with E-state index in [0.29, 0.717) is 10.8 Å². The number of hydrogen-bond acceptors (Lipinski definition) is 3. The number of aromatic amines is 1. The zero-order valence-electron chi connectivity index (χ0n) is 12.5. The van der Waals surface area contributed by atoms with Crippen LogP contribution >= 0.6 is 0 Å². The summed E-state index contributed by atoms with van der Waals surface area (Å²) >= 11 is 0. The van der Waals surface area contributed by atoms with Crippen molar-refractivity contribution in [1.29, 1.82) is 0 Å². The van der Waals surface area contributed by atoms with Crippen molar-refractivity contribution in [3.63, 3.8) is 0 Å². The van der Waals surface area contributed by atoms with Gasteiger partial charge in [-0.25, -0.2) is 4.39 Å². The first-order valence-corrected chi connectivity index (χ1v) is 6.88. The van der Waals surface area contributed by atoms with Crippen molar-refractivity contribution >= 4 is 23.4 Å². The monoisotopic (exact) mass is 289 g/mol. The molecule has 0 radical (unpaired) electrons. The molecule has 1 aliphatic rings. The molecular formula is C15H17BFNO3. The Morgan fingerprint density at radius 1 is 1.05 bits per heavy atom. The van der Waals surface area contributed by atoms with Crippen molar-refractivity contribution in [3.05, 3.63) is 40.6 Å². The third kappa shape index (κ3) is 2.10. The normalized spacial score (nSPS) is 20.1. The van der Waals surface area contributed by atoms with Gasteiger partial charge in [0.25, 0.3) is 5.56 Å². The van der Waals surface area contributed by atoms with Crippen LogP contribution in [-0.2, 0) is 9.31 Å². The second-order valence-corrected chi connectivity index (χ2v) is 6.33. The molecule has 2 aromatic rings. The summed E-state index contributed by atoms with van der Waals surface area (Å²) in [6, 6.07) is 4.69. The Bertz CT molecular complexity index is 753. The van der Waals surface area contributed by atoms with Crippen molar-refractivity contribution < 1.29 is 13.7 Å². The maximum absolute atomic E-state index is 14.7. The average Bonchev–Trinajstić information content (AvgIpc) is 2.60. The van der Waals surface area contributed by atoms with Crippen molar-refractivity contribution in [1.82, 2.24) is 4.98 Å². The van der Waals surface area contributed by atoms with Gasteiger partial charge in [-0.15, -0.1) is 0 Å². The zero-order chi connectivity index (χ0) is 15.4. The van der Waals surface area contributed by atoms with Gasteiger partial charge in [0.05, 0.1) is 11.2 Å². The molecule has 3 rings (SSSR count). The molecule has 0 spiro atoms. The maximum Gasteiger partial charge on any atom is 0.497 e. The second kappa shape index (κ2) is 4.42. The summed E-state index contributed by atoms with van der Waals surface area (Å²) in [6.07, 6.45) is 1.43. The molecule has 0 amide bonds. The van der Waals surface area contributed by atoms with Gasteiger partial charge in [-0.3, -0.25) is 4.79 Å². The van der Waals surface area contributed by atoms with Gasteiger partial charge in [-0.2, -0.15) is 0 Å². The van der Waals surface area contributed by atoms with Crippen LogP contribution in [0.3, 0.4) is 0 Å². The Morgan fingerprint density at radius 3 is 2.29 bits per heavy atom. The number of halogens is 1. The highest BCUT2D eigenvalue weighted by Gasteiger charge is 2.52. The van der Waals surface area contributed by atoms with E-state index >= 15 is 0 Å². The number of pyridine rings is 1. The molecule has 0 atom stereocenters. The van der Waals surface area contributed by atoms with E-state index in [9.17, 15) is 9.18 Å². The number of benzene rings is 1. The fourth-order valence-electron chi connectivity index (χ4n) is 2.40. The molecular weight excluding hydrogens is 272 g/mol. The van der Waals surface area contributed by atoms with Crippen molar-refractivity contribution in [2.75, 3.05) is 0 Å². The first-order chi connectivity index (χ1) is 9.73. The number of aromatic nitrogens is 1. The number of nitrogens with one attached hydrogen (secondary N) is 1. The van der Waals surface area contributed by atoms with Gasteiger partial charge in [0.1, 0.15) is 5.82 Å². The molecule has 4 nitrogen and oxygen atoms in total. The van der Waals surface area contributed by atoms with Crippen LogP contribution in [0, 0.1) is 5.82 Å². The summed E-state index contributed by atoms with van der Waals surface area (Å²) in [6.45, 7) is 7.65. The standard InChI is InChI=1S/C15H17BFNO3/c1-14(2)15(3,4)21-16(20-14)11-6-5-10-9(12(11)17)7-8-18-13(10)19/h5-8H,1-4H3,(H,18,19). The predicted molar refractivity (Wildman–Crippen MR) is 80.2 cm³/mol. The lowest BCUT2D eigenvalue weighted by atomic mass is 9.77. The number of H-pyrrole nitrogens is 1. The van der Waals surface area contributed by atoms with E-state index in [1.54, 1.807) is 18.2 Å². The predicted octanol–water partition coefficient (Wildman–Crippen LogP) is 1.97. The first-order valence-electron chi connectivity index (χ1n) is 6.88. The van der Waals surface area contributed by atoms with Gasteiger partial charge in [0.15, 0.2) is 0 Å². The van der Waals surface area contributed by atoms with Gasteiger partial charge in [-0.05, 0) is 39.8 Å². The molecule has 21 heavy (non-hydrogen) atoms. The SMILES string of the molecule is CC1(C)OB(c2ccc3c(=O)[nH]ccc3c2F)OC1(C)C. The van der Waals surface area contributed by atoms with E-state index in [1.165, 1.54) is 6.20 Å². The van der Waals surface area contributed by atoms with E-state index in [2.05, 4.69) is 4.98 Å². The summed E-state index contributed by atoms with van der Waals surface area (Å²) < 4.78 is 26.4. The maximum atomic E-state index is 14.7. The molecule has 1 aliphatic heterocycles. The summed E-state index contributed by atoms with van der Waals surface area (Å²) in [4.78, 5) is 14.2. The van der Waals surface area contributed by atoms with Gasteiger partial charge in [0, 0.05) is 22.4 Å². The van der Waals surface area contributed by atoms with Crippen LogP contribution in [0.15, 0.2) is 29.2 Å². The van der Waals surface area contributed by atoms with Gasteiger partial charge in [0.2, 0.25) is 0 Å². The van der Waals surface area contributed by atoms with E-state index in [-0.39, 0.29) is 10.9 Å². The smallest absolute Gasteiger partial charge is 0.399 e. The van der Waals surface area contributed by atoms with E-state index in [4.69, 9.17) is 9.31 Å². The molecule has 0 saturated carbocycles. The first kappa shape index (κ1) is 14.3. The number of rotatable bonds is 1. The second-order valence-electron chi connectivity index (χ2n) is 6.33. The Kier molecular flexibility index (Phi) is 3.01. The van der Waals surface area contributed by atoms with Crippen molar-refractivity contribution in [2.45, 2.75) is 38.9 Å². The molecule has 1 aromatic carbocycles. The number of fused-ring (bicyclic) bond motifs is 1. The van der Waals surface area contributed by atoms with Crippen molar-refractivity contribution in [2.24, 2.45) is 0 Å². The summed E-state index contributed by atoms with van der Waals surface area (Å²) in [5.74, 6) is -0.475. The van der Waals surface area contributed by atoms with Crippen LogP contribution in [0.5, 0.6) is 0 Å². The van der Waals surface area contributed by atoms with Crippen LogP contribution in [0.25, 0.3) is 10.8 Å². The molecule has 0 unspecified atom stereocenters. The fraction of sp³-hybridized carbons (Fsp3) is 0.400. The molecule has 6 heteroatoms. The average molecular weight is 289 g/mol. The minimum absolute atomic E-state index is 0.269. The van der Waals surface area contributed by atoms with Crippen LogP contribution in [-0.4, -0.2) is 23.3 Å². The molecule has 1 aromatic heterocycles. The van der Waals surface area contributed by atoms with Gasteiger partial charge in [-0.1, -0.05) is 6.07 Å². The summed E-state index contributed by atoms with van der Waals surface area (Å²) in [5, 5.41) is 0.584. The molecule has 1 N–H and O–H groups in total. The van der Waals surface area contributed by atoms with Crippen LogP contribution in [0.2, 0.25) is 0 Å². The minimum atomic E-state index is -0.779. The Morgan fingerprint density at radius 2 is 1.67 bits per heavy atom.